The van der Waals surface area contributed by atoms with Gasteiger partial charge in [0, 0.05) is 11.8 Å². The maximum atomic E-state index is 13.3. The fourth-order valence-electron chi connectivity index (χ4n) is 7.65. The summed E-state index contributed by atoms with van der Waals surface area (Å²) in [6, 6.07) is 24.6. The van der Waals surface area contributed by atoms with Crippen LogP contribution in [-0.2, 0) is 15.9 Å². The van der Waals surface area contributed by atoms with Gasteiger partial charge in [0.25, 0.3) is 0 Å². The van der Waals surface area contributed by atoms with Crippen LogP contribution in [0.5, 0.6) is 0 Å². The molecule has 5 nitrogen and oxygen atoms in total. The van der Waals surface area contributed by atoms with Crippen molar-refractivity contribution in [2.24, 2.45) is 5.92 Å². The highest BCUT2D eigenvalue weighted by atomic mass is 16.6. The van der Waals surface area contributed by atoms with Gasteiger partial charge in [-0.3, -0.25) is 5.32 Å². The number of ether oxygens (including phenoxy) is 2. The average Bonchev–Trinajstić information content (AvgIpc) is 3.48. The summed E-state index contributed by atoms with van der Waals surface area (Å²) in [5, 5.41) is 3.85. The molecule has 2 aliphatic heterocycles. The van der Waals surface area contributed by atoms with Crippen molar-refractivity contribution in [1.29, 1.82) is 0 Å². The number of esters is 2. The summed E-state index contributed by atoms with van der Waals surface area (Å²) < 4.78 is 12.6. The third-order valence-corrected chi connectivity index (χ3v) is 9.03. The Labute approximate surface area is 216 Å². The van der Waals surface area contributed by atoms with Crippen molar-refractivity contribution >= 4 is 17.5 Å². The predicted octanol–water partition coefficient (Wildman–Crippen LogP) is 5.32. The third-order valence-electron chi connectivity index (χ3n) is 9.03. The summed E-state index contributed by atoms with van der Waals surface area (Å²) in [7, 11) is 0. The smallest absolute Gasteiger partial charge is 0.338 e. The Kier molecular flexibility index (Phi) is 4.80. The minimum atomic E-state index is -0.657. The molecule has 1 N–H and O–H groups in total. The van der Waals surface area contributed by atoms with Crippen molar-refractivity contribution < 1.29 is 19.1 Å². The van der Waals surface area contributed by atoms with Crippen LogP contribution in [0.1, 0.15) is 63.6 Å². The van der Waals surface area contributed by atoms with Gasteiger partial charge in [0.05, 0.1) is 22.2 Å². The lowest BCUT2D eigenvalue weighted by atomic mass is 9.64. The molecular weight excluding hydrogens is 462 g/mol. The minimum absolute atomic E-state index is 0.108. The second-order valence-electron chi connectivity index (χ2n) is 11.1. The lowest BCUT2D eigenvalue weighted by Crippen LogP contribution is -2.57. The molecule has 4 aliphatic rings. The number of nitrogens with one attached hydrogen (secondary N) is 1. The summed E-state index contributed by atoms with van der Waals surface area (Å²) in [4.78, 5) is 26.7. The van der Waals surface area contributed by atoms with E-state index in [9.17, 15) is 9.59 Å². The Morgan fingerprint density at radius 1 is 0.757 bits per heavy atom. The number of fused-ring (bicyclic) bond motifs is 7. The number of aryl methyl sites for hydroxylation is 1. The Hall–Kier alpha value is -3.70. The van der Waals surface area contributed by atoms with E-state index in [-0.39, 0.29) is 11.8 Å². The number of allylic oxidation sites excluding steroid dienone is 1. The standard InChI is InChI=1S/C32H29NO4/c1-31-25-22-17-9-15-19-16-10-18-23(24(19)22)26(25)32(2,33-31)28(37-30(35)21-13-7-4-8-14-21)27(31)36-29(34)20-11-5-3-6-12-20/h3-9,11-15,17-18,25-28,33H,10,16H2,1-2H3. The molecule has 5 heteroatoms. The fourth-order valence-corrected chi connectivity index (χ4v) is 7.65. The first kappa shape index (κ1) is 22.5. The summed E-state index contributed by atoms with van der Waals surface area (Å²) in [5.41, 5.74) is 5.13. The first-order valence-corrected chi connectivity index (χ1v) is 13.1. The van der Waals surface area contributed by atoms with Crippen LogP contribution in [0.2, 0.25) is 0 Å². The largest absolute Gasteiger partial charge is 0.453 e. The van der Waals surface area contributed by atoms with E-state index >= 15 is 0 Å². The first-order valence-electron chi connectivity index (χ1n) is 13.1. The van der Waals surface area contributed by atoms with Crippen molar-refractivity contribution in [2.45, 2.75) is 55.9 Å². The molecule has 0 radical (unpaired) electrons. The zero-order valence-corrected chi connectivity index (χ0v) is 20.9. The number of carbonyl (C=O) groups is 2. The molecule has 6 unspecified atom stereocenters. The molecule has 3 aromatic carbocycles. The van der Waals surface area contributed by atoms with Crippen LogP contribution < -0.4 is 5.32 Å². The van der Waals surface area contributed by atoms with E-state index in [1.807, 2.05) is 36.4 Å². The quantitative estimate of drug-likeness (QED) is 0.501. The van der Waals surface area contributed by atoms with E-state index in [0.717, 1.165) is 12.8 Å². The van der Waals surface area contributed by atoms with Crippen molar-refractivity contribution in [1.82, 2.24) is 5.32 Å². The number of benzene rings is 3. The van der Waals surface area contributed by atoms with E-state index in [0.29, 0.717) is 11.1 Å². The lowest BCUT2D eigenvalue weighted by molar-refractivity contribution is -0.0728. The van der Waals surface area contributed by atoms with Crippen LogP contribution in [0.15, 0.2) is 84.9 Å². The molecule has 0 aromatic heterocycles. The minimum Gasteiger partial charge on any atom is -0.453 e. The summed E-state index contributed by atoms with van der Waals surface area (Å²) in [6.45, 7) is 4.27. The SMILES string of the molecule is CC12NC(C)(C(OC(=O)c3ccccc3)C1OC(=O)c1ccccc1)C1c3cccc4c3C(=CCC4)C12. The normalized spacial score (nSPS) is 32.3. The van der Waals surface area contributed by atoms with Gasteiger partial charge in [-0.15, -0.1) is 0 Å². The summed E-state index contributed by atoms with van der Waals surface area (Å²) in [5.74, 6) is -0.587. The molecule has 0 spiro atoms. The van der Waals surface area contributed by atoms with Crippen molar-refractivity contribution in [2.75, 3.05) is 0 Å². The average molecular weight is 492 g/mol. The molecule has 2 heterocycles. The third kappa shape index (κ3) is 3.07. The van der Waals surface area contributed by atoms with Gasteiger partial charge >= 0.3 is 11.9 Å². The van der Waals surface area contributed by atoms with Gasteiger partial charge in [-0.05, 0) is 73.2 Å². The highest BCUT2D eigenvalue weighted by molar-refractivity contribution is 5.91. The Morgan fingerprint density at radius 2 is 1.32 bits per heavy atom. The Balaban J connectivity index is 1.33. The molecule has 3 aromatic rings. The first-order chi connectivity index (χ1) is 17.9. The second-order valence-corrected chi connectivity index (χ2v) is 11.1. The molecule has 186 valence electrons. The van der Waals surface area contributed by atoms with Gasteiger partial charge in [0.15, 0.2) is 12.2 Å². The van der Waals surface area contributed by atoms with Gasteiger partial charge in [-0.2, -0.15) is 0 Å². The molecule has 0 amide bonds. The van der Waals surface area contributed by atoms with E-state index in [1.165, 1.54) is 22.3 Å². The van der Waals surface area contributed by atoms with Crippen molar-refractivity contribution in [3.05, 3.63) is 113 Å². The van der Waals surface area contributed by atoms with Crippen molar-refractivity contribution in [3.63, 3.8) is 0 Å². The molecule has 0 saturated carbocycles. The Bertz CT molecular complexity index is 1450. The monoisotopic (exact) mass is 491 g/mol. The zero-order chi connectivity index (χ0) is 25.4. The highest BCUT2D eigenvalue weighted by Gasteiger charge is 2.76. The van der Waals surface area contributed by atoms with E-state index in [4.69, 9.17) is 9.47 Å². The molecule has 2 aliphatic carbocycles. The van der Waals surface area contributed by atoms with E-state index in [1.54, 1.807) is 24.3 Å². The highest BCUT2D eigenvalue weighted by Crippen LogP contribution is 2.67. The van der Waals surface area contributed by atoms with Gasteiger partial charge in [-0.1, -0.05) is 60.7 Å². The molecule has 6 atom stereocenters. The molecule has 7 rings (SSSR count). The van der Waals surface area contributed by atoms with Gasteiger partial charge in [-0.25, -0.2) is 9.59 Å². The number of hydrogen-bond acceptors (Lipinski definition) is 5. The van der Waals surface area contributed by atoms with E-state index in [2.05, 4.69) is 43.4 Å². The van der Waals surface area contributed by atoms with E-state index < -0.39 is 35.2 Å². The lowest BCUT2D eigenvalue weighted by Gasteiger charge is -2.44. The molecule has 2 bridgehead atoms. The van der Waals surface area contributed by atoms with Crippen LogP contribution in [-0.4, -0.2) is 35.2 Å². The van der Waals surface area contributed by atoms with Crippen LogP contribution in [0.3, 0.4) is 0 Å². The summed E-state index contributed by atoms with van der Waals surface area (Å²) in [6.07, 6.45) is 3.10. The summed E-state index contributed by atoms with van der Waals surface area (Å²) >= 11 is 0. The van der Waals surface area contributed by atoms with Crippen LogP contribution in [0.25, 0.3) is 5.57 Å². The maximum absolute atomic E-state index is 13.3. The molecule has 2 saturated heterocycles. The van der Waals surface area contributed by atoms with Crippen LogP contribution in [0, 0.1) is 5.92 Å². The van der Waals surface area contributed by atoms with Gasteiger partial charge < -0.3 is 9.47 Å². The zero-order valence-electron chi connectivity index (χ0n) is 20.9. The van der Waals surface area contributed by atoms with Crippen molar-refractivity contribution in [3.8, 4) is 0 Å². The molecular formula is C32H29NO4. The number of rotatable bonds is 4. The second kappa shape index (κ2) is 7.90. The van der Waals surface area contributed by atoms with Gasteiger partial charge in [0.1, 0.15) is 0 Å². The molecule has 2 fully saturated rings. The van der Waals surface area contributed by atoms with Crippen LogP contribution in [0.4, 0.5) is 0 Å². The molecule has 37 heavy (non-hydrogen) atoms. The predicted molar refractivity (Wildman–Crippen MR) is 140 cm³/mol. The fraction of sp³-hybridized carbons (Fsp3) is 0.312. The Morgan fingerprint density at radius 3 is 1.92 bits per heavy atom. The maximum Gasteiger partial charge on any atom is 0.338 e. The number of hydrogen-bond donors (Lipinski definition) is 1. The van der Waals surface area contributed by atoms with Crippen LogP contribution >= 0.6 is 0 Å². The number of carbonyl (C=O) groups excluding carboxylic acids is 2. The topological polar surface area (TPSA) is 64.6 Å². The van der Waals surface area contributed by atoms with Gasteiger partial charge in [0.2, 0.25) is 0 Å².